The molecule has 0 aromatic heterocycles. The Bertz CT molecular complexity index is 1610. The second kappa shape index (κ2) is 13.5. The van der Waals surface area contributed by atoms with Gasteiger partial charge in [0.05, 0.1) is 11.3 Å². The number of ether oxygens (including phenoxy) is 1. The van der Waals surface area contributed by atoms with Crippen LogP contribution in [0, 0.1) is 0 Å². The zero-order valence-corrected chi connectivity index (χ0v) is 26.2. The highest BCUT2D eigenvalue weighted by molar-refractivity contribution is 7.91. The molecule has 0 bridgehead atoms. The highest BCUT2D eigenvalue weighted by Crippen LogP contribution is 2.35. The number of carbonyl (C=O) groups is 1. The molecule has 4 rings (SSSR count). The van der Waals surface area contributed by atoms with E-state index < -0.39 is 15.8 Å². The average Bonchev–Trinajstić information content (AvgIpc) is 2.93. The Kier molecular flexibility index (Phi) is 9.99. The molecule has 220 valence electrons. The van der Waals surface area contributed by atoms with Crippen molar-refractivity contribution in [2.75, 3.05) is 14.1 Å². The zero-order valence-electron chi connectivity index (χ0n) is 25.3. The molecule has 0 fully saturated rings. The first-order valence-electron chi connectivity index (χ1n) is 14.2. The SMILES string of the molecule is CC(C)c1cc(-c2ccc(Oc3ccccc3)cc2)cc(C(C)C)c1CC(=O)N=S(N)(=O)c1ccc(CN(C)C)cc1. The lowest BCUT2D eigenvalue weighted by Crippen LogP contribution is -2.17. The molecule has 2 N–H and O–H groups in total. The third kappa shape index (κ3) is 7.94. The summed E-state index contributed by atoms with van der Waals surface area (Å²) in [6.45, 7) is 9.22. The molecule has 4 aromatic rings. The van der Waals surface area contributed by atoms with Gasteiger partial charge in [0.15, 0.2) is 0 Å². The molecule has 0 heterocycles. The van der Waals surface area contributed by atoms with E-state index in [0.717, 1.165) is 51.4 Å². The first-order chi connectivity index (χ1) is 19.9. The number of nitrogens with zero attached hydrogens (tertiary/aromatic N) is 2. The Hall–Kier alpha value is -3.78. The zero-order chi connectivity index (χ0) is 30.4. The van der Waals surface area contributed by atoms with Gasteiger partial charge in [-0.3, -0.25) is 4.79 Å². The summed E-state index contributed by atoms with van der Waals surface area (Å²) in [7, 11) is 0.594. The lowest BCUT2D eigenvalue weighted by Gasteiger charge is -2.21. The van der Waals surface area contributed by atoms with E-state index in [2.05, 4.69) is 56.3 Å². The quantitative estimate of drug-likeness (QED) is 0.205. The number of nitrogens with two attached hydrogens (primary N) is 1. The van der Waals surface area contributed by atoms with E-state index in [1.54, 1.807) is 12.1 Å². The Labute approximate surface area is 250 Å². The number of para-hydroxylation sites is 1. The minimum atomic E-state index is -3.37. The second-order valence-electron chi connectivity index (χ2n) is 11.5. The van der Waals surface area contributed by atoms with Crippen LogP contribution in [0.25, 0.3) is 11.1 Å². The van der Waals surface area contributed by atoms with Gasteiger partial charge in [-0.05, 0) is 95.7 Å². The Balaban J connectivity index is 1.63. The van der Waals surface area contributed by atoms with E-state index >= 15 is 0 Å². The number of hydrogen-bond donors (Lipinski definition) is 1. The molecule has 0 aliphatic heterocycles. The number of carbonyl (C=O) groups excluding carboxylic acids is 1. The van der Waals surface area contributed by atoms with Crippen molar-refractivity contribution in [3.8, 4) is 22.6 Å². The van der Waals surface area contributed by atoms with Crippen LogP contribution in [0.1, 0.15) is 61.8 Å². The standard InChI is InChI=1S/C35H41N3O3S/c1-24(2)32-20-28(27-14-16-30(17-15-27)41-29-10-8-7-9-11-29)21-33(25(3)4)34(32)22-35(39)37-42(36,40)31-18-12-26(13-19-31)23-38(5)6/h7-21,24-25H,22-23H2,1-6H3,(H2,36,37,39,40). The largest absolute Gasteiger partial charge is 0.457 e. The minimum Gasteiger partial charge on any atom is -0.457 e. The lowest BCUT2D eigenvalue weighted by atomic mass is 9.84. The van der Waals surface area contributed by atoms with Crippen molar-refractivity contribution in [3.63, 3.8) is 0 Å². The number of amides is 1. The van der Waals surface area contributed by atoms with Crippen molar-refractivity contribution in [2.45, 2.75) is 57.4 Å². The predicted molar refractivity (Wildman–Crippen MR) is 172 cm³/mol. The summed E-state index contributed by atoms with van der Waals surface area (Å²) < 4.78 is 23.3. The maximum atomic E-state index is 13.3. The molecule has 0 aliphatic rings. The summed E-state index contributed by atoms with van der Waals surface area (Å²) in [5.41, 5.74) is 6.26. The monoisotopic (exact) mass is 583 g/mol. The summed E-state index contributed by atoms with van der Waals surface area (Å²) in [4.78, 5) is 15.7. The van der Waals surface area contributed by atoms with Crippen molar-refractivity contribution >= 4 is 15.8 Å². The summed E-state index contributed by atoms with van der Waals surface area (Å²) in [5.74, 6) is 1.39. The third-order valence-corrected chi connectivity index (χ3v) is 8.48. The van der Waals surface area contributed by atoms with Gasteiger partial charge < -0.3 is 9.64 Å². The number of rotatable bonds is 10. The van der Waals surface area contributed by atoms with E-state index in [1.807, 2.05) is 73.6 Å². The lowest BCUT2D eigenvalue weighted by molar-refractivity contribution is -0.117. The summed E-state index contributed by atoms with van der Waals surface area (Å²) in [5, 5.41) is 6.12. The van der Waals surface area contributed by atoms with Gasteiger partial charge in [0.1, 0.15) is 21.4 Å². The van der Waals surface area contributed by atoms with Crippen LogP contribution in [-0.4, -0.2) is 29.1 Å². The Morgan fingerprint density at radius 1 is 0.810 bits per heavy atom. The van der Waals surface area contributed by atoms with E-state index in [9.17, 15) is 9.00 Å². The fourth-order valence-electron chi connectivity index (χ4n) is 5.00. The van der Waals surface area contributed by atoms with Gasteiger partial charge in [-0.15, -0.1) is 4.36 Å². The highest BCUT2D eigenvalue weighted by Gasteiger charge is 2.20. The van der Waals surface area contributed by atoms with Crippen LogP contribution in [0.5, 0.6) is 11.5 Å². The van der Waals surface area contributed by atoms with E-state index in [4.69, 9.17) is 9.88 Å². The molecule has 0 saturated carbocycles. The van der Waals surface area contributed by atoms with Crippen LogP contribution in [0.15, 0.2) is 100 Å². The summed E-state index contributed by atoms with van der Waals surface area (Å²) in [6.07, 6.45) is 0.0397. The summed E-state index contributed by atoms with van der Waals surface area (Å²) >= 11 is 0. The van der Waals surface area contributed by atoms with Gasteiger partial charge in [0.25, 0.3) is 5.91 Å². The predicted octanol–water partition coefficient (Wildman–Crippen LogP) is 7.92. The maximum absolute atomic E-state index is 13.3. The van der Waals surface area contributed by atoms with E-state index in [1.165, 1.54) is 0 Å². The van der Waals surface area contributed by atoms with Crippen molar-refractivity contribution in [3.05, 3.63) is 113 Å². The molecular formula is C35H41N3O3S. The van der Waals surface area contributed by atoms with Crippen LogP contribution >= 0.6 is 0 Å². The Morgan fingerprint density at radius 3 is 1.88 bits per heavy atom. The molecule has 42 heavy (non-hydrogen) atoms. The summed E-state index contributed by atoms with van der Waals surface area (Å²) in [6, 6.07) is 29.2. The topological polar surface area (TPSA) is 85.0 Å². The molecule has 0 spiro atoms. The van der Waals surface area contributed by atoms with Gasteiger partial charge in [0, 0.05) is 6.54 Å². The van der Waals surface area contributed by atoms with E-state index in [0.29, 0.717) is 4.90 Å². The molecule has 0 aliphatic carbocycles. The minimum absolute atomic E-state index is 0.0397. The molecular weight excluding hydrogens is 542 g/mol. The molecule has 1 amide bonds. The smallest absolute Gasteiger partial charge is 0.259 e. The molecule has 6 nitrogen and oxygen atoms in total. The van der Waals surface area contributed by atoms with Crippen LogP contribution in [0.3, 0.4) is 0 Å². The first kappa shape index (κ1) is 31.2. The first-order valence-corrected chi connectivity index (χ1v) is 15.8. The highest BCUT2D eigenvalue weighted by atomic mass is 32.2. The molecule has 4 aromatic carbocycles. The van der Waals surface area contributed by atoms with Crippen LogP contribution < -0.4 is 9.88 Å². The maximum Gasteiger partial charge on any atom is 0.259 e. The fraction of sp³-hybridized carbons (Fsp3) is 0.286. The van der Waals surface area contributed by atoms with Gasteiger partial charge in [0.2, 0.25) is 0 Å². The molecule has 0 radical (unpaired) electrons. The molecule has 0 saturated heterocycles. The van der Waals surface area contributed by atoms with Crippen molar-refractivity contribution in [2.24, 2.45) is 9.50 Å². The van der Waals surface area contributed by atoms with E-state index in [-0.39, 0.29) is 18.3 Å². The van der Waals surface area contributed by atoms with Crippen molar-refractivity contribution in [1.82, 2.24) is 4.90 Å². The van der Waals surface area contributed by atoms with Crippen LogP contribution in [-0.2, 0) is 27.7 Å². The van der Waals surface area contributed by atoms with Crippen LogP contribution in [0.4, 0.5) is 0 Å². The second-order valence-corrected chi connectivity index (χ2v) is 13.3. The van der Waals surface area contributed by atoms with Gasteiger partial charge in [-0.2, -0.15) is 0 Å². The average molecular weight is 584 g/mol. The molecule has 7 heteroatoms. The fourth-order valence-corrected chi connectivity index (χ4v) is 6.00. The van der Waals surface area contributed by atoms with Gasteiger partial charge in [-0.25, -0.2) is 9.35 Å². The molecule has 1 atom stereocenters. The van der Waals surface area contributed by atoms with Gasteiger partial charge in [-0.1, -0.05) is 82.3 Å². The third-order valence-electron chi connectivity index (χ3n) is 7.05. The Morgan fingerprint density at radius 2 is 1.36 bits per heavy atom. The number of benzene rings is 4. The molecule has 1 unspecified atom stereocenters. The van der Waals surface area contributed by atoms with Crippen molar-refractivity contribution < 1.29 is 13.7 Å². The van der Waals surface area contributed by atoms with Crippen LogP contribution in [0.2, 0.25) is 0 Å². The van der Waals surface area contributed by atoms with Gasteiger partial charge >= 0.3 is 0 Å². The normalized spacial score (nSPS) is 12.9. The number of hydrogen-bond acceptors (Lipinski definition) is 4. The van der Waals surface area contributed by atoms with Crippen molar-refractivity contribution in [1.29, 1.82) is 0 Å².